The minimum atomic E-state index is -0.599. The molecule has 0 aliphatic heterocycles. The standard InChI is InChI=1S/C20H24N2O4/c1-6-9-22-18(24)8-7-17(21-22)20(25)26-11-16-12(2)10-13(3)19(14(16)4)15(5)23/h7-8,10H,6,9,11H2,1-5H3. The number of ether oxygens (including phenoxy) is 1. The molecule has 0 saturated carbocycles. The Balaban J connectivity index is 2.25. The van der Waals surface area contributed by atoms with Crippen molar-refractivity contribution in [2.75, 3.05) is 0 Å². The van der Waals surface area contributed by atoms with Crippen molar-refractivity contribution in [2.24, 2.45) is 0 Å². The minimum Gasteiger partial charge on any atom is -0.456 e. The van der Waals surface area contributed by atoms with Gasteiger partial charge in [-0.1, -0.05) is 13.0 Å². The fraction of sp³-hybridized carbons (Fsp3) is 0.400. The molecule has 0 aliphatic carbocycles. The van der Waals surface area contributed by atoms with E-state index < -0.39 is 5.97 Å². The van der Waals surface area contributed by atoms with Gasteiger partial charge in [0.2, 0.25) is 0 Å². The first-order valence-electron chi connectivity index (χ1n) is 8.62. The van der Waals surface area contributed by atoms with E-state index in [4.69, 9.17) is 4.74 Å². The van der Waals surface area contributed by atoms with E-state index in [0.717, 1.165) is 28.7 Å². The van der Waals surface area contributed by atoms with E-state index in [1.807, 2.05) is 33.8 Å². The van der Waals surface area contributed by atoms with Gasteiger partial charge in [0, 0.05) is 18.2 Å². The van der Waals surface area contributed by atoms with E-state index in [-0.39, 0.29) is 23.6 Å². The quantitative estimate of drug-likeness (QED) is 0.587. The normalized spacial score (nSPS) is 10.7. The number of esters is 1. The van der Waals surface area contributed by atoms with Crippen molar-refractivity contribution in [1.82, 2.24) is 9.78 Å². The van der Waals surface area contributed by atoms with Crippen LogP contribution in [-0.4, -0.2) is 21.5 Å². The van der Waals surface area contributed by atoms with Gasteiger partial charge in [0.1, 0.15) is 6.61 Å². The Morgan fingerprint density at radius 2 is 1.85 bits per heavy atom. The lowest BCUT2D eigenvalue weighted by atomic mass is 9.92. The Bertz CT molecular complexity index is 913. The van der Waals surface area contributed by atoms with Crippen molar-refractivity contribution >= 4 is 11.8 Å². The third-order valence-corrected chi connectivity index (χ3v) is 4.34. The number of ketones is 1. The van der Waals surface area contributed by atoms with Crippen LogP contribution in [0.2, 0.25) is 0 Å². The molecule has 6 nitrogen and oxygen atoms in total. The third kappa shape index (κ3) is 4.07. The van der Waals surface area contributed by atoms with E-state index in [1.54, 1.807) is 0 Å². The second-order valence-corrected chi connectivity index (χ2v) is 6.40. The highest BCUT2D eigenvalue weighted by atomic mass is 16.5. The van der Waals surface area contributed by atoms with Crippen molar-refractivity contribution in [2.45, 2.75) is 54.2 Å². The molecule has 2 rings (SSSR count). The number of carbonyl (C=O) groups is 2. The van der Waals surface area contributed by atoms with Gasteiger partial charge >= 0.3 is 5.97 Å². The molecule has 6 heteroatoms. The van der Waals surface area contributed by atoms with Crippen LogP contribution in [0.15, 0.2) is 23.0 Å². The first-order chi connectivity index (χ1) is 12.3. The molecule has 1 aromatic heterocycles. The molecule has 0 saturated heterocycles. The van der Waals surface area contributed by atoms with E-state index in [9.17, 15) is 14.4 Å². The summed E-state index contributed by atoms with van der Waals surface area (Å²) in [5, 5.41) is 4.05. The molecule has 0 atom stereocenters. The van der Waals surface area contributed by atoms with Crippen LogP contribution in [-0.2, 0) is 17.9 Å². The zero-order valence-electron chi connectivity index (χ0n) is 15.9. The number of hydrogen-bond acceptors (Lipinski definition) is 5. The molecule has 1 heterocycles. The summed E-state index contributed by atoms with van der Waals surface area (Å²) in [6.45, 7) is 9.62. The molecular weight excluding hydrogens is 332 g/mol. The Kier molecular flexibility index (Phi) is 6.08. The molecule has 1 aromatic carbocycles. The summed E-state index contributed by atoms with van der Waals surface area (Å²) in [5.41, 5.74) is 4.02. The summed E-state index contributed by atoms with van der Waals surface area (Å²) in [5.74, 6) is -0.612. The average molecular weight is 356 g/mol. The number of hydrogen-bond donors (Lipinski definition) is 0. The zero-order valence-corrected chi connectivity index (χ0v) is 15.9. The van der Waals surface area contributed by atoms with Crippen LogP contribution < -0.4 is 5.56 Å². The van der Waals surface area contributed by atoms with Crippen LogP contribution >= 0.6 is 0 Å². The van der Waals surface area contributed by atoms with Gasteiger partial charge < -0.3 is 4.74 Å². The number of aromatic nitrogens is 2. The molecule has 0 spiro atoms. The highest BCUT2D eigenvalue weighted by Crippen LogP contribution is 2.23. The maximum Gasteiger partial charge on any atom is 0.359 e. The molecule has 0 radical (unpaired) electrons. The van der Waals surface area contributed by atoms with E-state index in [2.05, 4.69) is 5.10 Å². The van der Waals surface area contributed by atoms with Gasteiger partial charge in [0.05, 0.1) is 0 Å². The molecule has 138 valence electrons. The number of Topliss-reactive ketones (excluding diaryl/α,β-unsaturated/α-hetero) is 1. The lowest BCUT2D eigenvalue weighted by Crippen LogP contribution is -2.24. The van der Waals surface area contributed by atoms with Gasteiger partial charge in [0.15, 0.2) is 11.5 Å². The van der Waals surface area contributed by atoms with Gasteiger partial charge in [-0.2, -0.15) is 5.10 Å². The number of rotatable bonds is 6. The summed E-state index contributed by atoms with van der Waals surface area (Å²) in [6, 6.07) is 4.61. The summed E-state index contributed by atoms with van der Waals surface area (Å²) in [7, 11) is 0. The molecular formula is C20H24N2O4. The van der Waals surface area contributed by atoms with Crippen LogP contribution in [0.3, 0.4) is 0 Å². The van der Waals surface area contributed by atoms with Crippen LogP contribution in [0.4, 0.5) is 0 Å². The largest absolute Gasteiger partial charge is 0.456 e. The fourth-order valence-electron chi connectivity index (χ4n) is 3.13. The van der Waals surface area contributed by atoms with E-state index >= 15 is 0 Å². The van der Waals surface area contributed by atoms with Crippen LogP contribution in [0, 0.1) is 20.8 Å². The molecule has 0 amide bonds. The summed E-state index contributed by atoms with van der Waals surface area (Å²) in [6.07, 6.45) is 0.737. The van der Waals surface area contributed by atoms with Crippen LogP contribution in [0.1, 0.15) is 63.4 Å². The highest BCUT2D eigenvalue weighted by molar-refractivity contribution is 5.97. The van der Waals surface area contributed by atoms with Crippen molar-refractivity contribution in [3.63, 3.8) is 0 Å². The van der Waals surface area contributed by atoms with Gasteiger partial charge in [0.25, 0.3) is 5.56 Å². The second kappa shape index (κ2) is 8.08. The van der Waals surface area contributed by atoms with Gasteiger partial charge in [-0.05, 0) is 62.4 Å². The number of carbonyl (C=O) groups excluding carboxylic acids is 2. The molecule has 0 fully saturated rings. The molecule has 0 bridgehead atoms. The van der Waals surface area contributed by atoms with Crippen molar-refractivity contribution < 1.29 is 14.3 Å². The number of nitrogens with zero attached hydrogens (tertiary/aromatic N) is 2. The van der Waals surface area contributed by atoms with Gasteiger partial charge in [-0.3, -0.25) is 9.59 Å². The molecule has 0 unspecified atom stereocenters. The SMILES string of the molecule is CCCn1nc(C(=O)OCc2c(C)cc(C)c(C(C)=O)c2C)ccc1=O. The summed E-state index contributed by atoms with van der Waals surface area (Å²) < 4.78 is 6.65. The lowest BCUT2D eigenvalue weighted by Gasteiger charge is -2.16. The number of benzene rings is 1. The predicted octanol–water partition coefficient (Wildman–Crippen LogP) is 3.14. The molecule has 2 aromatic rings. The lowest BCUT2D eigenvalue weighted by molar-refractivity contribution is 0.0461. The topological polar surface area (TPSA) is 78.3 Å². The monoisotopic (exact) mass is 356 g/mol. The molecule has 26 heavy (non-hydrogen) atoms. The van der Waals surface area contributed by atoms with Crippen molar-refractivity contribution in [3.8, 4) is 0 Å². The Morgan fingerprint density at radius 1 is 1.15 bits per heavy atom. The molecule has 0 aliphatic rings. The second-order valence-electron chi connectivity index (χ2n) is 6.40. The van der Waals surface area contributed by atoms with Crippen molar-refractivity contribution in [3.05, 3.63) is 62.1 Å². The maximum absolute atomic E-state index is 12.3. The fourth-order valence-corrected chi connectivity index (χ4v) is 3.13. The zero-order chi connectivity index (χ0) is 19.4. The van der Waals surface area contributed by atoms with Gasteiger partial charge in [-0.25, -0.2) is 9.48 Å². The highest BCUT2D eigenvalue weighted by Gasteiger charge is 2.17. The van der Waals surface area contributed by atoms with E-state index in [0.29, 0.717) is 12.1 Å². The van der Waals surface area contributed by atoms with E-state index in [1.165, 1.54) is 23.7 Å². The predicted molar refractivity (Wildman–Crippen MR) is 98.6 cm³/mol. The first kappa shape index (κ1) is 19.6. The smallest absolute Gasteiger partial charge is 0.359 e. The maximum atomic E-state index is 12.3. The average Bonchev–Trinajstić information content (AvgIpc) is 2.55. The van der Waals surface area contributed by atoms with Gasteiger partial charge in [-0.15, -0.1) is 0 Å². The first-order valence-corrected chi connectivity index (χ1v) is 8.62. The Morgan fingerprint density at radius 3 is 2.46 bits per heavy atom. The Labute approximate surface area is 152 Å². The van der Waals surface area contributed by atoms with Crippen LogP contribution in [0.5, 0.6) is 0 Å². The van der Waals surface area contributed by atoms with Crippen molar-refractivity contribution in [1.29, 1.82) is 0 Å². The Hall–Kier alpha value is -2.76. The minimum absolute atomic E-state index is 0.0131. The summed E-state index contributed by atoms with van der Waals surface area (Å²) in [4.78, 5) is 35.9. The third-order valence-electron chi connectivity index (χ3n) is 4.34. The molecule has 0 N–H and O–H groups in total. The summed E-state index contributed by atoms with van der Waals surface area (Å²) >= 11 is 0. The number of aryl methyl sites for hydroxylation is 3. The van der Waals surface area contributed by atoms with Crippen LogP contribution in [0.25, 0.3) is 0 Å².